The molecule has 0 aliphatic carbocycles. The summed E-state index contributed by atoms with van der Waals surface area (Å²) in [5.41, 5.74) is -0.588. The molecule has 0 aromatic heterocycles. The summed E-state index contributed by atoms with van der Waals surface area (Å²) in [6.45, 7) is 18.3. The van der Waals surface area contributed by atoms with Crippen molar-refractivity contribution in [1.82, 2.24) is 0 Å². The molecule has 0 N–H and O–H groups in total. The highest BCUT2D eigenvalue weighted by atomic mass is 28.4. The van der Waals surface area contributed by atoms with Crippen LogP contribution < -0.4 is 0 Å². The fourth-order valence-electron chi connectivity index (χ4n) is 6.12. The van der Waals surface area contributed by atoms with Gasteiger partial charge in [0.1, 0.15) is 0 Å². The average Bonchev–Trinajstić information content (AvgIpc) is 3.52. The van der Waals surface area contributed by atoms with E-state index < -0.39 is 43.7 Å². The first-order chi connectivity index (χ1) is 23.7. The van der Waals surface area contributed by atoms with Crippen LogP contribution in [0, 0.1) is 5.92 Å². The quantitative estimate of drug-likeness (QED) is 0.0427. The van der Waals surface area contributed by atoms with Gasteiger partial charge in [0.05, 0.1) is 46.1 Å². The highest BCUT2D eigenvalue weighted by Crippen LogP contribution is 2.43. The Morgan fingerprint density at radius 2 is 1.52 bits per heavy atom. The lowest BCUT2D eigenvalue weighted by atomic mass is 9.84. The maximum Gasteiger partial charge on any atom is 0.338 e. The summed E-state index contributed by atoms with van der Waals surface area (Å²) in [5.74, 6) is -2.06. The summed E-state index contributed by atoms with van der Waals surface area (Å²) in [7, 11) is -1.28. The van der Waals surface area contributed by atoms with Crippen molar-refractivity contribution in [2.24, 2.45) is 5.92 Å². The Balaban J connectivity index is 2.20. The number of benzene rings is 1. The molecule has 8 nitrogen and oxygen atoms in total. The van der Waals surface area contributed by atoms with Crippen molar-refractivity contribution >= 4 is 20.3 Å². The first-order valence-corrected chi connectivity index (χ1v) is 22.2. The number of methoxy groups -OCH3 is 1. The van der Waals surface area contributed by atoms with E-state index in [-0.39, 0.29) is 18.1 Å². The van der Waals surface area contributed by atoms with Gasteiger partial charge < -0.3 is 28.1 Å². The molecule has 0 spiro atoms. The zero-order chi connectivity index (χ0) is 37.1. The largest absolute Gasteiger partial charge is 0.469 e. The van der Waals surface area contributed by atoms with Crippen molar-refractivity contribution in [3.8, 4) is 0 Å². The summed E-state index contributed by atoms with van der Waals surface area (Å²) >= 11 is 0. The van der Waals surface area contributed by atoms with Crippen molar-refractivity contribution in [1.29, 1.82) is 0 Å². The molecule has 0 saturated carbocycles. The van der Waals surface area contributed by atoms with Gasteiger partial charge >= 0.3 is 11.9 Å². The van der Waals surface area contributed by atoms with Gasteiger partial charge in [-0.25, -0.2) is 4.79 Å². The van der Waals surface area contributed by atoms with Crippen molar-refractivity contribution in [2.75, 3.05) is 26.9 Å². The van der Waals surface area contributed by atoms with Crippen LogP contribution in [0.2, 0.25) is 18.1 Å². The Morgan fingerprint density at radius 3 is 2.08 bits per heavy atom. The van der Waals surface area contributed by atoms with Gasteiger partial charge in [0, 0.05) is 18.8 Å². The number of carbonyl (C=O) groups is 2. The second-order valence-electron chi connectivity index (χ2n) is 15.7. The van der Waals surface area contributed by atoms with Crippen LogP contribution in [0.4, 0.5) is 0 Å². The minimum atomic E-state index is -2.62. The van der Waals surface area contributed by atoms with Crippen LogP contribution in [0.3, 0.4) is 0 Å². The predicted molar refractivity (Wildman–Crippen MR) is 203 cm³/mol. The molecule has 2 rings (SSSR count). The smallest absolute Gasteiger partial charge is 0.338 e. The molecule has 0 radical (unpaired) electrons. The lowest BCUT2D eigenvalue weighted by Crippen LogP contribution is -2.59. The van der Waals surface area contributed by atoms with Crippen LogP contribution in [0.5, 0.6) is 0 Å². The lowest BCUT2D eigenvalue weighted by Gasteiger charge is -2.46. The fraction of sp³-hybridized carbons (Fsp3) is 0.756. The Labute approximate surface area is 305 Å². The zero-order valence-electron chi connectivity index (χ0n) is 33.0. The van der Waals surface area contributed by atoms with Gasteiger partial charge in [0.15, 0.2) is 19.7 Å². The number of esters is 2. The minimum absolute atomic E-state index is 0.171. The standard InChI is InChI=1S/C41H70O8Si/c1-10-11-12-16-22-27-40(46-29-30-47-40)28-23-17-14-13-15-21-26-36(33-45-32-35-24-19-18-20-25-35)41(31-37(42)44-7,38(43)48-34(2)3)49-50(8,9)39(4,5)6/h18-21,24-26,34,36H,10-17,22-23,27-33H2,1-9H3/b26-21+/t36-,41+/m0/s1. The van der Waals surface area contributed by atoms with Gasteiger partial charge in [0.25, 0.3) is 0 Å². The van der Waals surface area contributed by atoms with Crippen molar-refractivity contribution in [3.05, 3.63) is 48.0 Å². The number of hydrogen-bond acceptors (Lipinski definition) is 8. The zero-order valence-corrected chi connectivity index (χ0v) is 34.0. The SMILES string of the molecule is CCCCCCCC1(CCCCCC/C=C/[C@@H](COCc2ccccc2)[C@@](CC(=O)OC)(O[Si](C)(C)C(C)(C)C)C(=O)OC(C)C)OCCO1. The van der Waals surface area contributed by atoms with Crippen LogP contribution in [0.15, 0.2) is 42.5 Å². The van der Waals surface area contributed by atoms with Crippen molar-refractivity contribution in [3.63, 3.8) is 0 Å². The van der Waals surface area contributed by atoms with E-state index in [0.717, 1.165) is 56.9 Å². The van der Waals surface area contributed by atoms with E-state index in [1.54, 1.807) is 0 Å². The van der Waals surface area contributed by atoms with Crippen LogP contribution in [0.25, 0.3) is 0 Å². The molecule has 1 aromatic rings. The van der Waals surface area contributed by atoms with Crippen LogP contribution in [-0.2, 0) is 44.3 Å². The van der Waals surface area contributed by atoms with Crippen LogP contribution in [0.1, 0.15) is 131 Å². The van der Waals surface area contributed by atoms with Gasteiger partial charge in [-0.2, -0.15) is 0 Å². The number of hydrogen-bond donors (Lipinski definition) is 0. The van der Waals surface area contributed by atoms with E-state index in [9.17, 15) is 9.59 Å². The monoisotopic (exact) mass is 718 g/mol. The fourth-order valence-corrected chi connectivity index (χ4v) is 7.64. The molecule has 286 valence electrons. The van der Waals surface area contributed by atoms with Gasteiger partial charge in [-0.15, -0.1) is 0 Å². The van der Waals surface area contributed by atoms with E-state index in [2.05, 4.69) is 46.9 Å². The molecule has 1 aromatic carbocycles. The summed E-state index contributed by atoms with van der Waals surface area (Å²) in [6, 6.07) is 9.93. The van der Waals surface area contributed by atoms with Crippen molar-refractivity contribution in [2.45, 2.75) is 167 Å². The highest BCUT2D eigenvalue weighted by Gasteiger charge is 2.55. The number of unbranched alkanes of at least 4 members (excludes halogenated alkanes) is 8. The van der Waals surface area contributed by atoms with Gasteiger partial charge in [-0.1, -0.05) is 109 Å². The van der Waals surface area contributed by atoms with Gasteiger partial charge in [-0.05, 0) is 63.2 Å². The predicted octanol–water partition coefficient (Wildman–Crippen LogP) is 10.1. The Hall–Kier alpha value is -2.04. The Morgan fingerprint density at radius 1 is 0.920 bits per heavy atom. The maximum absolute atomic E-state index is 14.2. The maximum atomic E-state index is 14.2. The normalized spacial score (nSPS) is 16.8. The molecule has 9 heteroatoms. The summed E-state index contributed by atoms with van der Waals surface area (Å²) in [6.07, 6.45) is 16.7. The lowest BCUT2D eigenvalue weighted by molar-refractivity contribution is -0.179. The van der Waals surface area contributed by atoms with Gasteiger partial charge in [0.2, 0.25) is 0 Å². The van der Waals surface area contributed by atoms with Gasteiger partial charge in [-0.3, -0.25) is 4.79 Å². The molecular weight excluding hydrogens is 649 g/mol. The van der Waals surface area contributed by atoms with Crippen LogP contribution >= 0.6 is 0 Å². The molecule has 1 saturated heterocycles. The second kappa shape index (κ2) is 22.1. The molecule has 1 aliphatic rings. The van der Waals surface area contributed by atoms with E-state index in [1.807, 2.05) is 50.3 Å². The molecule has 0 amide bonds. The summed E-state index contributed by atoms with van der Waals surface area (Å²) in [5, 5.41) is -0.228. The molecule has 50 heavy (non-hydrogen) atoms. The minimum Gasteiger partial charge on any atom is -0.469 e. The molecule has 0 unspecified atom stereocenters. The van der Waals surface area contributed by atoms with Crippen LogP contribution in [-0.4, -0.2) is 64.7 Å². The molecular formula is C41H70O8Si. The number of rotatable bonds is 25. The topological polar surface area (TPSA) is 89.5 Å². The summed E-state index contributed by atoms with van der Waals surface area (Å²) in [4.78, 5) is 27.3. The van der Waals surface area contributed by atoms with E-state index in [4.69, 9.17) is 28.1 Å². The first-order valence-electron chi connectivity index (χ1n) is 19.2. The molecule has 0 bridgehead atoms. The molecule has 1 heterocycles. The third-order valence-electron chi connectivity index (χ3n) is 10.1. The second-order valence-corrected chi connectivity index (χ2v) is 20.4. The molecule has 1 fully saturated rings. The van der Waals surface area contributed by atoms with E-state index in [1.165, 1.54) is 32.8 Å². The number of ether oxygens (including phenoxy) is 5. The molecule has 1 aliphatic heterocycles. The van der Waals surface area contributed by atoms with E-state index >= 15 is 0 Å². The number of allylic oxidation sites excluding steroid dienone is 1. The third-order valence-corrected chi connectivity index (χ3v) is 14.6. The Kier molecular flexibility index (Phi) is 19.5. The average molecular weight is 719 g/mol. The van der Waals surface area contributed by atoms with Crippen molar-refractivity contribution < 1.29 is 37.7 Å². The number of carbonyl (C=O) groups excluding carboxylic acids is 2. The van der Waals surface area contributed by atoms with E-state index in [0.29, 0.717) is 19.8 Å². The Bertz CT molecular complexity index is 1120. The third kappa shape index (κ3) is 14.9. The summed E-state index contributed by atoms with van der Waals surface area (Å²) < 4.78 is 36.6. The first kappa shape index (κ1) is 44.1. The highest BCUT2D eigenvalue weighted by molar-refractivity contribution is 6.74. The molecule has 2 atom stereocenters.